The molecule has 0 atom stereocenters. The van der Waals surface area contributed by atoms with E-state index in [4.69, 9.17) is 5.14 Å². The SMILES string of the molecule is Cc1nc(NCc2ccc(S(N)(=O)=O)cc2)c2ccccc2n1. The first-order valence-corrected chi connectivity index (χ1v) is 8.57. The number of anilines is 1. The van der Waals surface area contributed by atoms with Crippen LogP contribution in [-0.4, -0.2) is 18.4 Å². The van der Waals surface area contributed by atoms with Crippen LogP contribution >= 0.6 is 0 Å². The summed E-state index contributed by atoms with van der Waals surface area (Å²) in [4.78, 5) is 8.93. The van der Waals surface area contributed by atoms with Crippen molar-refractivity contribution in [2.75, 3.05) is 5.32 Å². The molecule has 0 saturated heterocycles. The first-order chi connectivity index (χ1) is 10.9. The average Bonchev–Trinajstić information content (AvgIpc) is 2.52. The molecule has 3 rings (SSSR count). The fourth-order valence-corrected chi connectivity index (χ4v) is 2.83. The summed E-state index contributed by atoms with van der Waals surface area (Å²) in [7, 11) is -3.66. The number of hydrogen-bond acceptors (Lipinski definition) is 5. The molecule has 1 heterocycles. The predicted molar refractivity (Wildman–Crippen MR) is 89.4 cm³/mol. The monoisotopic (exact) mass is 328 g/mol. The van der Waals surface area contributed by atoms with E-state index in [1.54, 1.807) is 12.1 Å². The van der Waals surface area contributed by atoms with Gasteiger partial charge in [0.1, 0.15) is 11.6 Å². The predicted octanol–water partition coefficient (Wildman–Crippen LogP) is 2.20. The van der Waals surface area contributed by atoms with Crippen LogP contribution in [0.5, 0.6) is 0 Å². The third kappa shape index (κ3) is 3.46. The number of nitrogens with zero attached hydrogens (tertiary/aromatic N) is 2. The second-order valence-electron chi connectivity index (χ2n) is 5.18. The summed E-state index contributed by atoms with van der Waals surface area (Å²) in [6.45, 7) is 2.36. The van der Waals surface area contributed by atoms with Crippen molar-refractivity contribution in [1.82, 2.24) is 9.97 Å². The summed E-state index contributed by atoms with van der Waals surface area (Å²) in [5.41, 5.74) is 1.81. The molecule has 3 aromatic rings. The number of aryl methyl sites for hydroxylation is 1. The molecule has 6 nitrogen and oxygen atoms in total. The molecule has 0 aliphatic rings. The second kappa shape index (κ2) is 5.94. The minimum atomic E-state index is -3.66. The van der Waals surface area contributed by atoms with Crippen LogP contribution in [-0.2, 0) is 16.6 Å². The zero-order valence-electron chi connectivity index (χ0n) is 12.5. The van der Waals surface area contributed by atoms with Crippen molar-refractivity contribution in [3.05, 3.63) is 59.9 Å². The molecule has 7 heteroatoms. The second-order valence-corrected chi connectivity index (χ2v) is 6.74. The lowest BCUT2D eigenvalue weighted by Gasteiger charge is -2.10. The van der Waals surface area contributed by atoms with Gasteiger partial charge in [-0.15, -0.1) is 0 Å². The molecule has 0 bridgehead atoms. The van der Waals surface area contributed by atoms with Gasteiger partial charge in [0.15, 0.2) is 0 Å². The zero-order valence-corrected chi connectivity index (χ0v) is 13.3. The Bertz CT molecular complexity index is 953. The standard InChI is InChI=1S/C16H16N4O2S/c1-11-19-15-5-3-2-4-14(15)16(20-11)18-10-12-6-8-13(9-7-12)23(17,21)22/h2-9H,10H2,1H3,(H2,17,21,22)(H,18,19,20). The Labute approximate surface area is 134 Å². The molecule has 0 amide bonds. The van der Waals surface area contributed by atoms with Crippen LogP contribution in [0.3, 0.4) is 0 Å². The Morgan fingerprint density at radius 3 is 2.43 bits per heavy atom. The lowest BCUT2D eigenvalue weighted by molar-refractivity contribution is 0.598. The molecular weight excluding hydrogens is 312 g/mol. The van der Waals surface area contributed by atoms with Crippen molar-refractivity contribution >= 4 is 26.7 Å². The molecule has 2 aromatic carbocycles. The van der Waals surface area contributed by atoms with Gasteiger partial charge in [-0.05, 0) is 36.8 Å². The van der Waals surface area contributed by atoms with Crippen LogP contribution in [0.2, 0.25) is 0 Å². The third-order valence-electron chi connectivity index (χ3n) is 3.43. The molecule has 3 N–H and O–H groups in total. The van der Waals surface area contributed by atoms with E-state index >= 15 is 0 Å². The molecule has 23 heavy (non-hydrogen) atoms. The van der Waals surface area contributed by atoms with Gasteiger partial charge in [0.05, 0.1) is 10.4 Å². The first kappa shape index (κ1) is 15.4. The number of nitrogens with two attached hydrogens (primary N) is 1. The van der Waals surface area contributed by atoms with Crippen molar-refractivity contribution in [3.63, 3.8) is 0 Å². The van der Waals surface area contributed by atoms with E-state index in [2.05, 4.69) is 15.3 Å². The van der Waals surface area contributed by atoms with E-state index in [0.29, 0.717) is 12.4 Å². The minimum Gasteiger partial charge on any atom is -0.365 e. The summed E-state index contributed by atoms with van der Waals surface area (Å²) < 4.78 is 22.5. The van der Waals surface area contributed by atoms with Crippen LogP contribution in [0.25, 0.3) is 10.9 Å². The number of primary sulfonamides is 1. The largest absolute Gasteiger partial charge is 0.365 e. The Balaban J connectivity index is 1.84. The van der Waals surface area contributed by atoms with Crippen LogP contribution in [0, 0.1) is 6.92 Å². The highest BCUT2D eigenvalue weighted by atomic mass is 32.2. The number of aromatic nitrogens is 2. The number of benzene rings is 2. The van der Waals surface area contributed by atoms with Crippen molar-refractivity contribution in [2.45, 2.75) is 18.4 Å². The highest BCUT2D eigenvalue weighted by Gasteiger charge is 2.08. The van der Waals surface area contributed by atoms with E-state index < -0.39 is 10.0 Å². The average molecular weight is 328 g/mol. The number of nitrogens with one attached hydrogen (secondary N) is 1. The van der Waals surface area contributed by atoms with Gasteiger partial charge in [-0.25, -0.2) is 23.5 Å². The third-order valence-corrected chi connectivity index (χ3v) is 4.36. The zero-order chi connectivity index (χ0) is 16.4. The van der Waals surface area contributed by atoms with E-state index in [9.17, 15) is 8.42 Å². The van der Waals surface area contributed by atoms with E-state index in [-0.39, 0.29) is 4.90 Å². The molecule has 0 fully saturated rings. The van der Waals surface area contributed by atoms with Crippen LogP contribution < -0.4 is 10.5 Å². The summed E-state index contributed by atoms with van der Waals surface area (Å²) >= 11 is 0. The van der Waals surface area contributed by atoms with Crippen LogP contribution in [0.15, 0.2) is 53.4 Å². The topological polar surface area (TPSA) is 98.0 Å². The Hall–Kier alpha value is -2.51. The molecule has 0 spiro atoms. The van der Waals surface area contributed by atoms with Crippen molar-refractivity contribution in [1.29, 1.82) is 0 Å². The van der Waals surface area contributed by atoms with Gasteiger partial charge in [0, 0.05) is 11.9 Å². The number of para-hydroxylation sites is 1. The number of fused-ring (bicyclic) bond motifs is 1. The molecule has 0 radical (unpaired) electrons. The smallest absolute Gasteiger partial charge is 0.238 e. The Morgan fingerprint density at radius 2 is 1.74 bits per heavy atom. The maximum absolute atomic E-state index is 11.3. The van der Waals surface area contributed by atoms with Gasteiger partial charge in [-0.2, -0.15) is 0 Å². The first-order valence-electron chi connectivity index (χ1n) is 7.02. The molecule has 0 saturated carbocycles. The summed E-state index contributed by atoms with van der Waals surface area (Å²) in [6, 6.07) is 14.2. The highest BCUT2D eigenvalue weighted by Crippen LogP contribution is 2.20. The molecule has 0 unspecified atom stereocenters. The number of hydrogen-bond donors (Lipinski definition) is 2. The molecule has 0 aliphatic carbocycles. The molecule has 1 aromatic heterocycles. The van der Waals surface area contributed by atoms with Crippen LogP contribution in [0.1, 0.15) is 11.4 Å². The Kier molecular flexibility index (Phi) is 3.97. The van der Waals surface area contributed by atoms with E-state index in [1.807, 2.05) is 31.2 Å². The minimum absolute atomic E-state index is 0.101. The molecule has 118 valence electrons. The lowest BCUT2D eigenvalue weighted by Crippen LogP contribution is -2.12. The lowest BCUT2D eigenvalue weighted by atomic mass is 10.2. The van der Waals surface area contributed by atoms with Crippen molar-refractivity contribution < 1.29 is 8.42 Å². The quantitative estimate of drug-likeness (QED) is 0.765. The maximum atomic E-state index is 11.3. The van der Waals surface area contributed by atoms with Crippen molar-refractivity contribution in [3.8, 4) is 0 Å². The van der Waals surface area contributed by atoms with Crippen LogP contribution in [0.4, 0.5) is 5.82 Å². The Morgan fingerprint density at radius 1 is 1.04 bits per heavy atom. The maximum Gasteiger partial charge on any atom is 0.238 e. The summed E-state index contributed by atoms with van der Waals surface area (Å²) in [5, 5.41) is 9.31. The molecule has 0 aliphatic heterocycles. The van der Waals surface area contributed by atoms with E-state index in [1.165, 1.54) is 12.1 Å². The number of rotatable bonds is 4. The highest BCUT2D eigenvalue weighted by molar-refractivity contribution is 7.89. The van der Waals surface area contributed by atoms with Gasteiger partial charge in [-0.1, -0.05) is 24.3 Å². The van der Waals surface area contributed by atoms with Gasteiger partial charge >= 0.3 is 0 Å². The summed E-state index contributed by atoms with van der Waals surface area (Å²) in [5.74, 6) is 1.44. The summed E-state index contributed by atoms with van der Waals surface area (Å²) in [6.07, 6.45) is 0. The normalized spacial score (nSPS) is 11.6. The fourth-order valence-electron chi connectivity index (χ4n) is 2.31. The van der Waals surface area contributed by atoms with Gasteiger partial charge in [-0.3, -0.25) is 0 Å². The fraction of sp³-hybridized carbons (Fsp3) is 0.125. The van der Waals surface area contributed by atoms with Gasteiger partial charge < -0.3 is 5.32 Å². The van der Waals surface area contributed by atoms with Crippen molar-refractivity contribution in [2.24, 2.45) is 5.14 Å². The number of sulfonamides is 1. The van der Waals surface area contributed by atoms with Gasteiger partial charge in [0.2, 0.25) is 10.0 Å². The van der Waals surface area contributed by atoms with E-state index in [0.717, 1.165) is 22.3 Å². The molecular formula is C16H16N4O2S. The van der Waals surface area contributed by atoms with Gasteiger partial charge in [0.25, 0.3) is 0 Å².